The SMILES string of the molecule is [3H]c1c([3H])c(S(=O)(=O)NC([3H])([3H])C([3H])([3H])Sc2nc(-c3c([3H])c([3H])c(OC)c([3H])c3[3H])c(-c3c([3H])c([3H])c(OC([3H])([3H])[3H])c([3H])c3[3H])n2[3H])c([3H])c([3H])c1F. The van der Waals surface area contributed by atoms with Gasteiger partial charge in [-0.3, -0.25) is 0 Å². The lowest BCUT2D eigenvalue weighted by molar-refractivity contribution is 0.414. The van der Waals surface area contributed by atoms with E-state index in [2.05, 4.69) is 9.72 Å². The Balaban J connectivity index is 2.01. The van der Waals surface area contributed by atoms with E-state index in [0.717, 1.165) is 7.11 Å². The Bertz CT molecular complexity index is 2280. The molecular formula is C25H24FN3O4S2. The first kappa shape index (κ1) is 9.96. The summed E-state index contributed by atoms with van der Waals surface area (Å²) in [7, 11) is -7.80. The van der Waals surface area contributed by atoms with Crippen molar-refractivity contribution in [2.45, 2.75) is 10.1 Å². The van der Waals surface area contributed by atoms with E-state index in [1.165, 1.54) is 4.72 Å². The first-order valence-corrected chi connectivity index (χ1v) is 11.3. The molecular weight excluding hydrogens is 489 g/mol. The number of aromatic nitrogens is 2. The summed E-state index contributed by atoms with van der Waals surface area (Å²) in [5.74, 6) is -3.34. The summed E-state index contributed by atoms with van der Waals surface area (Å²) in [6, 6.07) is -13.6. The van der Waals surface area contributed by atoms with Gasteiger partial charge >= 0.3 is 0 Å². The highest BCUT2D eigenvalue weighted by Crippen LogP contribution is 2.34. The fraction of sp³-hybridized carbons (Fsp3) is 0.160. The number of thioether (sulfide) groups is 1. The highest BCUT2D eigenvalue weighted by atomic mass is 32.2. The van der Waals surface area contributed by atoms with Gasteiger partial charge in [0.05, 0.1) is 51.0 Å². The number of sulfonamides is 1. The number of nitrogens with one attached hydrogen (secondary N) is 2. The lowest BCUT2D eigenvalue weighted by Crippen LogP contribution is -2.26. The molecule has 0 radical (unpaired) electrons. The second kappa shape index (κ2) is 10.9. The lowest BCUT2D eigenvalue weighted by atomic mass is 10.0. The van der Waals surface area contributed by atoms with Crippen LogP contribution in [0.25, 0.3) is 22.5 Å². The minimum absolute atomic E-state index is 0.0931. The van der Waals surface area contributed by atoms with Crippen LogP contribution >= 0.6 is 11.8 Å². The molecule has 0 aliphatic heterocycles. The quantitative estimate of drug-likeness (QED) is 0.269. The molecule has 0 amide bonds. The van der Waals surface area contributed by atoms with Crippen LogP contribution in [0.1, 0.15) is 26.0 Å². The van der Waals surface area contributed by atoms with Crippen LogP contribution in [0.2, 0.25) is 1.41 Å². The van der Waals surface area contributed by atoms with Crippen LogP contribution in [0, 0.1) is 5.82 Å². The fourth-order valence-electron chi connectivity index (χ4n) is 2.34. The predicted octanol–water partition coefficient (Wildman–Crippen LogP) is 4.97. The maximum Gasteiger partial charge on any atom is 0.240 e. The summed E-state index contributed by atoms with van der Waals surface area (Å²) in [4.78, 5) is 2.55. The number of ether oxygens (including phenoxy) is 2. The van der Waals surface area contributed by atoms with Gasteiger partial charge in [-0.2, -0.15) is 0 Å². The maximum absolute atomic E-state index is 14.1. The van der Waals surface area contributed by atoms with Gasteiger partial charge in [-0.1, -0.05) is 11.8 Å². The molecule has 0 saturated heterocycles. The third-order valence-electron chi connectivity index (χ3n) is 3.84. The molecule has 0 atom stereocenters. The van der Waals surface area contributed by atoms with Crippen molar-refractivity contribution < 1.29 is 49.7 Å². The minimum atomic E-state index is -5.56. The van der Waals surface area contributed by atoms with Gasteiger partial charge in [0, 0.05) is 28.8 Å². The normalized spacial score (nSPS) is 20.7. The fourth-order valence-corrected chi connectivity index (χ4v) is 3.53. The standard InChI is InChI=1S/C25H24FN3O4S2/c1-32-20-9-3-17(4-10-20)23-24(18-5-11-21(33-2)12-6-18)29-25(28-23)34-16-15-27-35(30,31)22-13-7-19(26)8-14-22/h3-14,27H,15-16H2,1-2H3,(H,28,29)/i1T3,3T,4T,5T,6T,7T,8T,9T,10T,11T,12T,13T,14T,15T2,16T2/hT. The van der Waals surface area contributed by atoms with E-state index in [-0.39, 0.29) is 16.7 Å². The number of benzene rings is 3. The van der Waals surface area contributed by atoms with Gasteiger partial charge < -0.3 is 14.5 Å². The van der Waals surface area contributed by atoms with E-state index < -0.39 is 152 Å². The second-order valence-electron chi connectivity index (χ2n) is 6.00. The number of halogens is 1. The van der Waals surface area contributed by atoms with Crippen molar-refractivity contribution in [3.63, 3.8) is 0 Å². The molecule has 10 heteroatoms. The molecule has 2 N–H and O–H groups in total. The van der Waals surface area contributed by atoms with Crippen molar-refractivity contribution >= 4 is 21.8 Å². The monoisotopic (exact) mass is 553 g/mol. The summed E-state index contributed by atoms with van der Waals surface area (Å²) >= 11 is -0.373. The van der Waals surface area contributed by atoms with Crippen LogP contribution in [0.5, 0.6) is 11.5 Å². The van der Waals surface area contributed by atoms with Gasteiger partial charge in [0.2, 0.25) is 10.0 Å². The van der Waals surface area contributed by atoms with Crippen LogP contribution in [-0.4, -0.2) is 44.7 Å². The number of imidazole rings is 1. The highest BCUT2D eigenvalue weighted by molar-refractivity contribution is 7.99. The van der Waals surface area contributed by atoms with E-state index in [9.17, 15) is 12.8 Å². The first-order chi connectivity index (χ1) is 25.0. The molecule has 4 aromatic rings. The van der Waals surface area contributed by atoms with Gasteiger partial charge in [-0.05, 0) is 72.5 Å². The Morgan fingerprint density at radius 3 is 2.31 bits per heavy atom. The third-order valence-corrected chi connectivity index (χ3v) is 5.52. The number of hydrogen-bond acceptors (Lipinski definition) is 6. The number of H-pyrrole nitrogens is 1. The lowest BCUT2D eigenvalue weighted by Gasteiger charge is -2.06. The highest BCUT2D eigenvalue weighted by Gasteiger charge is 2.16. The van der Waals surface area contributed by atoms with Crippen molar-refractivity contribution in [2.75, 3.05) is 26.3 Å². The average Bonchev–Trinajstić information content (AvgIpc) is 3.36. The van der Waals surface area contributed by atoms with E-state index in [0.29, 0.717) is 0 Å². The van der Waals surface area contributed by atoms with Gasteiger partial charge in [0.15, 0.2) is 6.57 Å². The van der Waals surface area contributed by atoms with Crippen LogP contribution in [0.3, 0.4) is 0 Å². The van der Waals surface area contributed by atoms with Gasteiger partial charge in [0.25, 0.3) is 0 Å². The zero-order chi connectivity index (χ0) is 42.2. The molecule has 0 unspecified atom stereocenters. The van der Waals surface area contributed by atoms with Crippen LogP contribution < -0.4 is 14.2 Å². The summed E-state index contributed by atoms with van der Waals surface area (Å²) < 4.78 is 214. The number of rotatable bonds is 10. The zero-order valence-corrected chi connectivity index (χ0v) is 18.9. The second-order valence-corrected chi connectivity index (χ2v) is 8.39. The zero-order valence-electron chi connectivity index (χ0n) is 37.2. The van der Waals surface area contributed by atoms with Crippen molar-refractivity contribution in [3.8, 4) is 34.0 Å². The van der Waals surface area contributed by atoms with Gasteiger partial charge in [-0.25, -0.2) is 22.5 Å². The largest absolute Gasteiger partial charge is 0.497 e. The summed E-state index contributed by atoms with van der Waals surface area (Å²) in [5, 5.41) is -1.00. The van der Waals surface area contributed by atoms with Gasteiger partial charge in [0.1, 0.15) is 17.3 Å². The van der Waals surface area contributed by atoms with E-state index >= 15 is 0 Å². The summed E-state index contributed by atoms with van der Waals surface area (Å²) in [5.41, 5.74) is -7.03. The van der Waals surface area contributed by atoms with Crippen molar-refractivity contribution in [1.29, 1.82) is 0 Å². The number of aromatic amines is 1. The maximum atomic E-state index is 14.1. The molecule has 35 heavy (non-hydrogen) atoms. The van der Waals surface area contributed by atoms with Crippen molar-refractivity contribution in [2.24, 2.45) is 0 Å². The number of nitrogens with zero attached hydrogens (tertiary/aromatic N) is 1. The molecule has 0 aliphatic rings. The predicted molar refractivity (Wildman–Crippen MR) is 135 cm³/mol. The number of hydrogen-bond donors (Lipinski definition) is 2. The third kappa shape index (κ3) is 6.02. The average molecular weight is 554 g/mol. The molecule has 0 saturated carbocycles. The summed E-state index contributed by atoms with van der Waals surface area (Å²) in [6.07, 6.45) is 0. The van der Waals surface area contributed by atoms with Gasteiger partial charge in [-0.15, -0.1) is 0 Å². The first-order valence-electron chi connectivity index (χ1n) is 19.0. The molecule has 0 fully saturated rings. The summed E-state index contributed by atoms with van der Waals surface area (Å²) in [6.45, 7) is -3.84. The Kier molecular flexibility index (Phi) is 3.11. The topological polar surface area (TPSA) is 93.3 Å². The minimum Gasteiger partial charge on any atom is -0.497 e. The molecule has 1 heterocycles. The molecule has 3 aromatic carbocycles. The Hall–Kier alpha value is -3.34. The Morgan fingerprint density at radius 2 is 1.69 bits per heavy atom. The van der Waals surface area contributed by atoms with Crippen molar-refractivity contribution in [3.05, 3.63) is 78.3 Å². The van der Waals surface area contributed by atoms with E-state index in [1.807, 2.05) is 0 Å². The number of methoxy groups -OCH3 is 2. The molecule has 0 bridgehead atoms. The smallest absolute Gasteiger partial charge is 0.240 e. The molecule has 4 rings (SSSR count). The Morgan fingerprint density at radius 1 is 1.06 bits per heavy atom. The Labute approximate surface area is 235 Å². The van der Waals surface area contributed by atoms with Crippen LogP contribution in [0.4, 0.5) is 4.39 Å². The molecule has 1 aromatic heterocycles. The van der Waals surface area contributed by atoms with E-state index in [1.54, 1.807) is 0 Å². The molecule has 182 valence electrons. The van der Waals surface area contributed by atoms with E-state index in [4.69, 9.17) is 32.2 Å². The van der Waals surface area contributed by atoms with Crippen LogP contribution in [-0.2, 0) is 10.0 Å². The van der Waals surface area contributed by atoms with Crippen LogP contribution in [0.15, 0.2) is 82.6 Å². The van der Waals surface area contributed by atoms with Crippen molar-refractivity contribution in [1.82, 2.24) is 14.7 Å². The molecule has 0 aliphatic carbocycles. The molecule has 0 spiro atoms. The molecule has 7 nitrogen and oxygen atoms in total.